The number of amides is 1. The molecule has 0 aliphatic heterocycles. The van der Waals surface area contributed by atoms with Crippen LogP contribution >= 0.6 is 46.4 Å². The molecule has 0 saturated carbocycles. The van der Waals surface area contributed by atoms with Crippen molar-refractivity contribution in [1.29, 1.82) is 0 Å². The quantitative estimate of drug-likeness (QED) is 0.681. The maximum Gasteiger partial charge on any atom is 0.306 e. The highest BCUT2D eigenvalue weighted by Gasteiger charge is 2.08. The molecule has 0 unspecified atom stereocenters. The highest BCUT2D eigenvalue weighted by molar-refractivity contribution is 6.59. The third kappa shape index (κ3) is 7.90. The molecule has 4 nitrogen and oxygen atoms in total. The molecule has 0 aliphatic carbocycles. The molecule has 1 aromatic rings. The van der Waals surface area contributed by atoms with Crippen molar-refractivity contribution in [2.75, 3.05) is 11.9 Å². The molecule has 0 aliphatic rings. The number of rotatable bonds is 7. The zero-order chi connectivity index (χ0) is 16.5. The van der Waals surface area contributed by atoms with E-state index in [1.807, 2.05) is 0 Å². The lowest BCUT2D eigenvalue weighted by atomic mass is 10.2. The molecule has 1 rings (SSSR count). The normalized spacial score (nSPS) is 10.0. The third-order valence-corrected chi connectivity index (χ3v) is 3.68. The van der Waals surface area contributed by atoms with Crippen LogP contribution in [0.4, 0.5) is 5.69 Å². The van der Waals surface area contributed by atoms with Crippen molar-refractivity contribution in [3.05, 3.63) is 38.8 Å². The van der Waals surface area contributed by atoms with Crippen molar-refractivity contribution in [2.24, 2.45) is 0 Å². The van der Waals surface area contributed by atoms with E-state index in [1.54, 1.807) is 24.3 Å². The van der Waals surface area contributed by atoms with Crippen LogP contribution < -0.4 is 5.32 Å². The van der Waals surface area contributed by atoms with Gasteiger partial charge >= 0.3 is 5.97 Å². The van der Waals surface area contributed by atoms with Crippen LogP contribution in [0.25, 0.3) is 0 Å². The minimum Gasteiger partial charge on any atom is -0.460 e. The summed E-state index contributed by atoms with van der Waals surface area (Å²) in [5.74, 6) is -0.677. The van der Waals surface area contributed by atoms with Crippen molar-refractivity contribution < 1.29 is 14.3 Å². The van der Waals surface area contributed by atoms with Crippen LogP contribution in [0.5, 0.6) is 0 Å². The molecule has 0 aromatic heterocycles. The fourth-order valence-corrected chi connectivity index (χ4v) is 1.71. The van der Waals surface area contributed by atoms with Gasteiger partial charge in [0.1, 0.15) is 11.1 Å². The van der Waals surface area contributed by atoms with Crippen LogP contribution in [0.2, 0.25) is 5.02 Å². The zero-order valence-electron chi connectivity index (χ0n) is 11.4. The molecule has 0 atom stereocenters. The van der Waals surface area contributed by atoms with E-state index in [4.69, 9.17) is 51.1 Å². The van der Waals surface area contributed by atoms with Gasteiger partial charge in [0, 0.05) is 23.6 Å². The number of anilines is 1. The van der Waals surface area contributed by atoms with Crippen molar-refractivity contribution in [2.45, 2.75) is 19.3 Å². The molecule has 0 spiro atoms. The Labute approximate surface area is 148 Å². The van der Waals surface area contributed by atoms with Crippen molar-refractivity contribution in [3.8, 4) is 0 Å². The summed E-state index contributed by atoms with van der Waals surface area (Å²) in [6.45, 7) is -0.181. The van der Waals surface area contributed by atoms with E-state index in [-0.39, 0.29) is 34.9 Å². The summed E-state index contributed by atoms with van der Waals surface area (Å²) in [4.78, 5) is 23.1. The zero-order valence-corrected chi connectivity index (χ0v) is 14.4. The summed E-state index contributed by atoms with van der Waals surface area (Å²) in [7, 11) is 0. The maximum atomic E-state index is 11.7. The Morgan fingerprint density at radius 2 is 1.68 bits per heavy atom. The van der Waals surface area contributed by atoms with E-state index >= 15 is 0 Å². The number of benzene rings is 1. The number of esters is 1. The minimum absolute atomic E-state index is 0.0529. The van der Waals surface area contributed by atoms with Gasteiger partial charge in [-0.1, -0.05) is 46.4 Å². The first-order valence-electron chi connectivity index (χ1n) is 6.29. The molecule has 1 N–H and O–H groups in total. The Morgan fingerprint density at radius 1 is 1.05 bits per heavy atom. The third-order valence-electron chi connectivity index (χ3n) is 2.48. The minimum atomic E-state index is -0.480. The number of ether oxygens (including phenoxy) is 1. The van der Waals surface area contributed by atoms with E-state index in [0.29, 0.717) is 17.1 Å². The monoisotopic (exact) mass is 383 g/mol. The fourth-order valence-electron chi connectivity index (χ4n) is 1.42. The second kappa shape index (κ2) is 9.95. The summed E-state index contributed by atoms with van der Waals surface area (Å²) in [5.41, 5.74) is 0.644. The van der Waals surface area contributed by atoms with Gasteiger partial charge in [-0.05, 0) is 30.7 Å². The second-order valence-electron chi connectivity index (χ2n) is 4.23. The van der Waals surface area contributed by atoms with Crippen molar-refractivity contribution in [3.63, 3.8) is 0 Å². The smallest absolute Gasteiger partial charge is 0.306 e. The average molecular weight is 385 g/mol. The van der Waals surface area contributed by atoms with Gasteiger partial charge in [0.05, 0.1) is 5.03 Å². The number of hydrogen-bond donors (Lipinski definition) is 1. The predicted molar refractivity (Wildman–Crippen MR) is 89.5 cm³/mol. The number of carbonyl (C=O) groups is 2. The lowest BCUT2D eigenvalue weighted by molar-refractivity contribution is -0.142. The summed E-state index contributed by atoms with van der Waals surface area (Å²) >= 11 is 22.2. The SMILES string of the molecule is O=C(CCCC(=O)OCC(Cl)=C(Cl)Cl)Nc1ccc(Cl)cc1. The summed E-state index contributed by atoms with van der Waals surface area (Å²) in [6, 6.07) is 6.74. The second-order valence-corrected chi connectivity index (χ2v) is 6.08. The summed E-state index contributed by atoms with van der Waals surface area (Å²) in [6.07, 6.45) is 0.643. The molecule has 0 saturated heterocycles. The first-order valence-corrected chi connectivity index (χ1v) is 7.80. The lowest BCUT2D eigenvalue weighted by Crippen LogP contribution is -2.12. The van der Waals surface area contributed by atoms with Gasteiger partial charge in [-0.3, -0.25) is 9.59 Å². The van der Waals surface area contributed by atoms with Crippen LogP contribution in [-0.4, -0.2) is 18.5 Å². The first-order chi connectivity index (χ1) is 10.4. The lowest BCUT2D eigenvalue weighted by Gasteiger charge is -2.06. The van der Waals surface area contributed by atoms with Gasteiger partial charge in [0.2, 0.25) is 5.91 Å². The van der Waals surface area contributed by atoms with Crippen molar-refractivity contribution >= 4 is 64.0 Å². The van der Waals surface area contributed by atoms with Crippen LogP contribution in [0.3, 0.4) is 0 Å². The highest BCUT2D eigenvalue weighted by atomic mass is 35.5. The van der Waals surface area contributed by atoms with E-state index in [1.165, 1.54) is 0 Å². The maximum absolute atomic E-state index is 11.7. The molecule has 1 amide bonds. The molecule has 1 aromatic carbocycles. The Morgan fingerprint density at radius 3 is 2.27 bits per heavy atom. The molecule has 22 heavy (non-hydrogen) atoms. The van der Waals surface area contributed by atoms with Crippen LogP contribution in [0, 0.1) is 0 Å². The summed E-state index contributed by atoms with van der Waals surface area (Å²) < 4.78 is 4.69. The van der Waals surface area contributed by atoms with Gasteiger partial charge in [-0.15, -0.1) is 0 Å². The first kappa shape index (κ1) is 19.1. The molecular formula is C14H13Cl4NO3. The molecule has 0 radical (unpaired) electrons. The van der Waals surface area contributed by atoms with E-state index in [2.05, 4.69) is 5.32 Å². The fraction of sp³-hybridized carbons (Fsp3) is 0.286. The predicted octanol–water partition coefficient (Wildman–Crippen LogP) is 4.88. The van der Waals surface area contributed by atoms with Crippen molar-refractivity contribution in [1.82, 2.24) is 0 Å². The number of halogens is 4. The molecule has 0 fully saturated rings. The molecule has 0 heterocycles. The van der Waals surface area contributed by atoms with E-state index in [9.17, 15) is 9.59 Å². The van der Waals surface area contributed by atoms with E-state index < -0.39 is 5.97 Å². The van der Waals surface area contributed by atoms with Gasteiger partial charge < -0.3 is 10.1 Å². The Hall–Kier alpha value is -0.940. The Kier molecular flexibility index (Phi) is 8.64. The average Bonchev–Trinajstić information content (AvgIpc) is 2.47. The number of hydrogen-bond acceptors (Lipinski definition) is 3. The van der Waals surface area contributed by atoms with Gasteiger partial charge in [0.15, 0.2) is 0 Å². The summed E-state index contributed by atoms with van der Waals surface area (Å²) in [5, 5.41) is 3.34. The number of nitrogens with one attached hydrogen (secondary N) is 1. The van der Waals surface area contributed by atoms with Gasteiger partial charge in [0.25, 0.3) is 0 Å². The van der Waals surface area contributed by atoms with Gasteiger partial charge in [-0.25, -0.2) is 0 Å². The van der Waals surface area contributed by atoms with Gasteiger partial charge in [-0.2, -0.15) is 0 Å². The molecule has 120 valence electrons. The molecule has 0 bridgehead atoms. The number of carbonyl (C=O) groups excluding carboxylic acids is 2. The standard InChI is InChI=1S/C14H13Cl4NO3/c15-9-4-6-10(7-5-9)19-12(20)2-1-3-13(21)22-8-11(16)14(17)18/h4-7H,1-3,8H2,(H,19,20). The van der Waals surface area contributed by atoms with Crippen LogP contribution in [-0.2, 0) is 14.3 Å². The van der Waals surface area contributed by atoms with Crippen LogP contribution in [0.1, 0.15) is 19.3 Å². The molecule has 8 heteroatoms. The van der Waals surface area contributed by atoms with Crippen LogP contribution in [0.15, 0.2) is 33.8 Å². The topological polar surface area (TPSA) is 55.4 Å². The Balaban J connectivity index is 2.23. The Bertz CT molecular complexity index is 554. The largest absolute Gasteiger partial charge is 0.460 e. The highest BCUT2D eigenvalue weighted by Crippen LogP contribution is 2.18. The molecular weight excluding hydrogens is 372 g/mol. The van der Waals surface area contributed by atoms with E-state index in [0.717, 1.165) is 0 Å².